The first kappa shape index (κ1) is 15.8. The molecule has 6 heteroatoms. The molecule has 0 aromatic carbocycles. The van der Waals surface area contributed by atoms with E-state index in [-0.39, 0.29) is 36.7 Å². The Morgan fingerprint density at radius 3 is 2.62 bits per heavy atom. The molecule has 1 heterocycles. The van der Waals surface area contributed by atoms with Crippen molar-refractivity contribution in [3.05, 3.63) is 0 Å². The smallest absolute Gasteiger partial charge is 0.325 e. The number of carbonyl (C=O) groups is 3. The molecule has 1 saturated carbocycles. The summed E-state index contributed by atoms with van der Waals surface area (Å²) in [6, 6.07) is 0.347. The molecule has 0 bridgehead atoms. The van der Waals surface area contributed by atoms with Crippen LogP contribution in [0.3, 0.4) is 0 Å². The predicted octanol–water partition coefficient (Wildman–Crippen LogP) is 0.799. The summed E-state index contributed by atoms with van der Waals surface area (Å²) in [6.07, 6.45) is 3.15. The Morgan fingerprint density at radius 2 is 2.05 bits per heavy atom. The number of carbonyl (C=O) groups excluding carboxylic acids is 3. The fraction of sp³-hybridized carbons (Fsp3) is 0.800. The topological polar surface area (TPSA) is 66.9 Å². The summed E-state index contributed by atoms with van der Waals surface area (Å²) in [4.78, 5) is 39.5. The zero-order valence-electron chi connectivity index (χ0n) is 12.8. The number of ether oxygens (including phenoxy) is 1. The second-order valence-corrected chi connectivity index (χ2v) is 5.74. The van der Waals surface area contributed by atoms with Gasteiger partial charge in [-0.25, -0.2) is 0 Å². The minimum absolute atomic E-state index is 0.0192. The van der Waals surface area contributed by atoms with Gasteiger partial charge in [0.05, 0.1) is 12.5 Å². The molecule has 1 saturated heterocycles. The molecule has 2 fully saturated rings. The van der Waals surface area contributed by atoms with E-state index < -0.39 is 0 Å². The maximum absolute atomic E-state index is 12.5. The van der Waals surface area contributed by atoms with Crippen LogP contribution in [-0.4, -0.2) is 59.9 Å². The molecule has 0 aromatic heterocycles. The predicted molar refractivity (Wildman–Crippen MR) is 76.3 cm³/mol. The van der Waals surface area contributed by atoms with Crippen LogP contribution < -0.4 is 0 Å². The Morgan fingerprint density at radius 1 is 1.33 bits per heavy atom. The van der Waals surface area contributed by atoms with Gasteiger partial charge in [-0.2, -0.15) is 0 Å². The molecule has 1 aliphatic carbocycles. The standard InChI is InChI=1S/C15H24N2O4/c1-3-7-16(10-14(19)21-4-2)15(20)11-8-13(18)17(9-11)12-5-6-12/h11-12H,3-10H2,1-2H3. The number of hydrogen-bond donors (Lipinski definition) is 0. The lowest BCUT2D eigenvalue weighted by atomic mass is 10.1. The lowest BCUT2D eigenvalue weighted by molar-refractivity contribution is -0.150. The summed E-state index contributed by atoms with van der Waals surface area (Å²) >= 11 is 0. The molecule has 0 aromatic rings. The fourth-order valence-electron chi connectivity index (χ4n) is 2.79. The van der Waals surface area contributed by atoms with Crippen LogP contribution in [0.15, 0.2) is 0 Å². The molecule has 118 valence electrons. The Labute approximate surface area is 125 Å². The lowest BCUT2D eigenvalue weighted by Crippen LogP contribution is -2.41. The highest BCUT2D eigenvalue weighted by atomic mass is 16.5. The van der Waals surface area contributed by atoms with Gasteiger partial charge in [0.25, 0.3) is 0 Å². The van der Waals surface area contributed by atoms with Gasteiger partial charge in [-0.3, -0.25) is 14.4 Å². The molecule has 0 radical (unpaired) electrons. The number of rotatable bonds is 7. The molecule has 1 unspecified atom stereocenters. The Kier molecular flexibility index (Phi) is 5.20. The lowest BCUT2D eigenvalue weighted by Gasteiger charge is -2.24. The number of likely N-dealkylation sites (tertiary alicyclic amines) is 1. The maximum Gasteiger partial charge on any atom is 0.325 e. The van der Waals surface area contributed by atoms with E-state index in [0.29, 0.717) is 25.7 Å². The molecule has 0 spiro atoms. The highest BCUT2D eigenvalue weighted by molar-refractivity contribution is 5.91. The fourth-order valence-corrected chi connectivity index (χ4v) is 2.79. The monoisotopic (exact) mass is 296 g/mol. The summed E-state index contributed by atoms with van der Waals surface area (Å²) in [5.41, 5.74) is 0. The second-order valence-electron chi connectivity index (χ2n) is 5.74. The summed E-state index contributed by atoms with van der Waals surface area (Å²) in [6.45, 7) is 5.02. The van der Waals surface area contributed by atoms with Gasteiger partial charge in [0.1, 0.15) is 6.54 Å². The first-order valence-electron chi connectivity index (χ1n) is 7.80. The van der Waals surface area contributed by atoms with Gasteiger partial charge in [0.15, 0.2) is 0 Å². The van der Waals surface area contributed by atoms with Crippen LogP contribution in [0.4, 0.5) is 0 Å². The molecule has 2 aliphatic rings. The van der Waals surface area contributed by atoms with Gasteiger partial charge in [0.2, 0.25) is 11.8 Å². The van der Waals surface area contributed by atoms with Gasteiger partial charge in [-0.1, -0.05) is 6.92 Å². The van der Waals surface area contributed by atoms with E-state index in [1.807, 2.05) is 11.8 Å². The van der Waals surface area contributed by atoms with Crippen LogP contribution in [0.1, 0.15) is 39.5 Å². The van der Waals surface area contributed by atoms with E-state index in [4.69, 9.17) is 4.74 Å². The van der Waals surface area contributed by atoms with Crippen LogP contribution >= 0.6 is 0 Å². The summed E-state index contributed by atoms with van der Waals surface area (Å²) < 4.78 is 4.91. The molecule has 6 nitrogen and oxygen atoms in total. The van der Waals surface area contributed by atoms with Gasteiger partial charge in [0, 0.05) is 25.6 Å². The van der Waals surface area contributed by atoms with E-state index >= 15 is 0 Å². The van der Waals surface area contributed by atoms with E-state index in [0.717, 1.165) is 19.3 Å². The quantitative estimate of drug-likeness (QED) is 0.652. The minimum atomic E-state index is -0.386. The van der Waals surface area contributed by atoms with Crippen molar-refractivity contribution in [3.8, 4) is 0 Å². The zero-order valence-corrected chi connectivity index (χ0v) is 12.8. The number of hydrogen-bond acceptors (Lipinski definition) is 4. The van der Waals surface area contributed by atoms with Crippen molar-refractivity contribution in [1.82, 2.24) is 9.80 Å². The van der Waals surface area contributed by atoms with Crippen molar-refractivity contribution in [1.29, 1.82) is 0 Å². The highest BCUT2D eigenvalue weighted by Crippen LogP contribution is 2.33. The zero-order chi connectivity index (χ0) is 15.4. The third kappa shape index (κ3) is 3.95. The molecule has 2 rings (SSSR count). The first-order chi connectivity index (χ1) is 10.1. The summed E-state index contributed by atoms with van der Waals surface area (Å²) in [5, 5.41) is 0. The molecule has 1 aliphatic heterocycles. The van der Waals surface area contributed by atoms with Crippen LogP contribution in [-0.2, 0) is 19.1 Å². The van der Waals surface area contributed by atoms with E-state index in [1.165, 1.54) is 4.90 Å². The van der Waals surface area contributed by atoms with Crippen molar-refractivity contribution >= 4 is 17.8 Å². The average molecular weight is 296 g/mol. The van der Waals surface area contributed by atoms with Gasteiger partial charge in [-0.15, -0.1) is 0 Å². The van der Waals surface area contributed by atoms with E-state index in [1.54, 1.807) is 6.92 Å². The van der Waals surface area contributed by atoms with Gasteiger partial charge < -0.3 is 14.5 Å². The molecular formula is C15H24N2O4. The molecule has 0 N–H and O–H groups in total. The second kappa shape index (κ2) is 6.91. The molecule has 1 atom stereocenters. The van der Waals surface area contributed by atoms with Crippen LogP contribution in [0, 0.1) is 5.92 Å². The van der Waals surface area contributed by atoms with Gasteiger partial charge in [-0.05, 0) is 26.2 Å². The van der Waals surface area contributed by atoms with E-state index in [9.17, 15) is 14.4 Å². The van der Waals surface area contributed by atoms with Crippen molar-refractivity contribution in [2.24, 2.45) is 5.92 Å². The normalized spacial score (nSPS) is 21.5. The van der Waals surface area contributed by atoms with Crippen molar-refractivity contribution in [2.45, 2.75) is 45.6 Å². The number of nitrogens with zero attached hydrogens (tertiary/aromatic N) is 2. The summed E-state index contributed by atoms with van der Waals surface area (Å²) in [7, 11) is 0. The van der Waals surface area contributed by atoms with Crippen LogP contribution in [0.5, 0.6) is 0 Å². The number of amides is 2. The van der Waals surface area contributed by atoms with Crippen molar-refractivity contribution in [2.75, 3.05) is 26.2 Å². The Bertz CT molecular complexity index is 420. The largest absolute Gasteiger partial charge is 0.465 e. The van der Waals surface area contributed by atoms with Crippen LogP contribution in [0.2, 0.25) is 0 Å². The maximum atomic E-state index is 12.5. The minimum Gasteiger partial charge on any atom is -0.465 e. The molecular weight excluding hydrogens is 272 g/mol. The van der Waals surface area contributed by atoms with Gasteiger partial charge >= 0.3 is 5.97 Å². The van der Waals surface area contributed by atoms with E-state index in [2.05, 4.69) is 0 Å². The Hall–Kier alpha value is -1.59. The van der Waals surface area contributed by atoms with Crippen molar-refractivity contribution in [3.63, 3.8) is 0 Å². The summed E-state index contributed by atoms with van der Waals surface area (Å²) in [5.74, 6) is -0.716. The third-order valence-corrected chi connectivity index (χ3v) is 3.93. The first-order valence-corrected chi connectivity index (χ1v) is 7.80. The highest BCUT2D eigenvalue weighted by Gasteiger charge is 2.42. The van der Waals surface area contributed by atoms with Crippen molar-refractivity contribution < 1.29 is 19.1 Å². The SMILES string of the molecule is CCCN(CC(=O)OCC)C(=O)C1CC(=O)N(C2CC2)C1. The third-order valence-electron chi connectivity index (χ3n) is 3.93. The molecule has 21 heavy (non-hydrogen) atoms. The molecule has 2 amide bonds. The average Bonchev–Trinajstić information content (AvgIpc) is 3.21. The number of esters is 1. The van der Waals surface area contributed by atoms with Crippen LogP contribution in [0.25, 0.3) is 0 Å². The Balaban J connectivity index is 1.94.